The molecule has 20 nitrogen and oxygen atoms in total. The Hall–Kier alpha value is -10.5. The molecule has 0 atom stereocenters. The maximum absolute atomic E-state index is 15.5. The highest BCUT2D eigenvalue weighted by molar-refractivity contribution is 6.31. The maximum Gasteiger partial charge on any atom is 0.335 e. The van der Waals surface area contributed by atoms with Crippen LogP contribution in [0.3, 0.4) is 0 Å². The Balaban J connectivity index is 0.000000188. The van der Waals surface area contributed by atoms with E-state index in [0.29, 0.717) is 54.6 Å². The van der Waals surface area contributed by atoms with Gasteiger partial charge < -0.3 is 38.3 Å². The molecule has 0 fully saturated rings. The van der Waals surface area contributed by atoms with Crippen molar-refractivity contribution in [1.82, 2.24) is 59.1 Å². The molecule has 0 aliphatic rings. The van der Waals surface area contributed by atoms with Crippen LogP contribution in [0.2, 0.25) is 10.0 Å². The molecule has 0 radical (unpaired) electrons. The Labute approximate surface area is 527 Å². The summed E-state index contributed by atoms with van der Waals surface area (Å²) < 4.78 is 121. The predicted octanol–water partition coefficient (Wildman–Crippen LogP) is 12.5. The zero-order chi connectivity index (χ0) is 64.7. The van der Waals surface area contributed by atoms with Gasteiger partial charge in [0.2, 0.25) is 11.8 Å². The van der Waals surface area contributed by atoms with Crippen molar-refractivity contribution >= 4 is 57.2 Å². The predicted molar refractivity (Wildman–Crippen MR) is 323 cm³/mol. The van der Waals surface area contributed by atoms with E-state index in [0.717, 1.165) is 12.1 Å². The molecule has 0 bridgehead atoms. The third-order valence-corrected chi connectivity index (χ3v) is 15.3. The fourth-order valence-electron chi connectivity index (χ4n) is 9.90. The summed E-state index contributed by atoms with van der Waals surface area (Å²) in [6.45, 7) is 0.938. The number of carboxylic acid groups (broad SMARTS) is 2. The van der Waals surface area contributed by atoms with Gasteiger partial charge in [-0.25, -0.2) is 65.2 Å². The number of aromatic nitrogens is 12. The third kappa shape index (κ3) is 13.6. The fourth-order valence-corrected chi connectivity index (χ4v) is 10.4. The minimum Gasteiger partial charge on any atom is -0.478 e. The first-order valence-electron chi connectivity index (χ1n) is 27.7. The molecule has 6 aromatic carbocycles. The lowest BCUT2D eigenvalue weighted by molar-refractivity contribution is 0.0686. The van der Waals surface area contributed by atoms with Crippen LogP contribution in [-0.2, 0) is 48.6 Å². The van der Waals surface area contributed by atoms with Crippen molar-refractivity contribution in [2.75, 3.05) is 27.4 Å². The number of aromatic carboxylic acids is 2. The number of carboxylic acids is 2. The number of halogens is 8. The first-order valence-corrected chi connectivity index (χ1v) is 28.5. The number of pyridine rings is 2. The van der Waals surface area contributed by atoms with E-state index >= 15 is 26.3 Å². The molecular formula is C64H48Cl2F6N12O8. The normalized spacial score (nSPS) is 11.3. The average Bonchev–Trinajstić information content (AvgIpc) is 1.13. The van der Waals surface area contributed by atoms with Crippen LogP contribution in [0, 0.1) is 34.9 Å². The lowest BCUT2D eigenvalue weighted by Gasteiger charge is -2.13. The average molecular weight is 1300 g/mol. The Morgan fingerprint density at radius 1 is 0.511 bits per heavy atom. The van der Waals surface area contributed by atoms with Gasteiger partial charge in [-0.15, -0.1) is 10.2 Å². The molecule has 12 aromatic rings. The molecule has 468 valence electrons. The van der Waals surface area contributed by atoms with Gasteiger partial charge in [-0.2, -0.15) is 0 Å². The molecule has 0 aliphatic carbocycles. The van der Waals surface area contributed by atoms with Crippen molar-refractivity contribution in [2.45, 2.75) is 39.1 Å². The summed E-state index contributed by atoms with van der Waals surface area (Å²) in [7, 11) is 2.97. The first-order chi connectivity index (χ1) is 44.5. The lowest BCUT2D eigenvalue weighted by Crippen LogP contribution is -2.11. The van der Waals surface area contributed by atoms with Gasteiger partial charge in [0, 0.05) is 95.7 Å². The smallest absolute Gasteiger partial charge is 0.335 e. The third-order valence-electron chi connectivity index (χ3n) is 14.6. The van der Waals surface area contributed by atoms with Gasteiger partial charge >= 0.3 is 11.9 Å². The molecule has 0 aliphatic heterocycles. The van der Waals surface area contributed by atoms with Crippen LogP contribution >= 0.6 is 23.2 Å². The molecule has 2 N–H and O–H groups in total. The topological polar surface area (TPSA) is 234 Å². The summed E-state index contributed by atoms with van der Waals surface area (Å²) in [6.07, 6.45) is 5.63. The maximum atomic E-state index is 15.5. The summed E-state index contributed by atoms with van der Waals surface area (Å²) in [5.74, 6) is -9.04. The second-order valence-corrected chi connectivity index (χ2v) is 21.1. The summed E-state index contributed by atoms with van der Waals surface area (Å²) in [6, 6.07) is 29.8. The highest BCUT2D eigenvalue weighted by Crippen LogP contribution is 2.34. The van der Waals surface area contributed by atoms with E-state index < -0.39 is 81.9 Å². The van der Waals surface area contributed by atoms with Crippen LogP contribution < -0.4 is 9.47 Å². The quantitative estimate of drug-likeness (QED) is 0.0474. The van der Waals surface area contributed by atoms with Gasteiger partial charge in [0.1, 0.15) is 36.5 Å². The number of ether oxygens (including phenoxy) is 4. The highest BCUT2D eigenvalue weighted by Gasteiger charge is 2.26. The van der Waals surface area contributed by atoms with E-state index in [-0.39, 0.29) is 85.4 Å². The number of fused-ring (bicyclic) bond motifs is 2. The Morgan fingerprint density at radius 2 is 0.935 bits per heavy atom. The van der Waals surface area contributed by atoms with Crippen molar-refractivity contribution in [3.8, 4) is 45.6 Å². The monoisotopic (exact) mass is 1300 g/mol. The molecule has 12 rings (SSSR count). The molecule has 92 heavy (non-hydrogen) atoms. The SMILES string of the molecule is COCCn1c(Cc2c(F)cc(-c3cccc(OCc4ccc(-n5ccnn5)cc4Cl)n3)c(F)c2F)nc2ccc(C(=O)O)cc21.COCCn1c(Cc2c(F)cc(-c3cccc(OCc4ccc(-n5ccnn5)cc4Cl)n3)c(F)c2F)nc2ccc(C(=O)O)cc21. The Morgan fingerprint density at radius 3 is 1.30 bits per heavy atom. The summed E-state index contributed by atoms with van der Waals surface area (Å²) in [5, 5.41) is 35.0. The van der Waals surface area contributed by atoms with E-state index in [4.69, 9.17) is 42.1 Å². The van der Waals surface area contributed by atoms with Crippen LogP contribution in [0.1, 0.15) is 54.6 Å². The zero-order valence-corrected chi connectivity index (χ0v) is 49.8. The molecule has 0 amide bonds. The van der Waals surface area contributed by atoms with Crippen molar-refractivity contribution < 1.29 is 65.1 Å². The molecule has 6 heterocycles. The number of imidazole rings is 2. The molecule has 0 unspecified atom stereocenters. The lowest BCUT2D eigenvalue weighted by atomic mass is 10.0. The van der Waals surface area contributed by atoms with E-state index in [9.17, 15) is 19.8 Å². The first kappa shape index (κ1) is 63.0. The molecule has 0 saturated carbocycles. The van der Waals surface area contributed by atoms with Crippen LogP contribution in [0.5, 0.6) is 11.8 Å². The number of nitrogens with zero attached hydrogens (tertiary/aromatic N) is 12. The minimum absolute atomic E-state index is 0.0215. The second-order valence-electron chi connectivity index (χ2n) is 20.3. The number of carbonyl (C=O) groups is 2. The van der Waals surface area contributed by atoms with E-state index in [2.05, 4.69) is 40.6 Å². The summed E-state index contributed by atoms with van der Waals surface area (Å²) >= 11 is 12.8. The van der Waals surface area contributed by atoms with Crippen molar-refractivity contribution in [2.24, 2.45) is 0 Å². The van der Waals surface area contributed by atoms with E-state index in [1.54, 1.807) is 79.7 Å². The largest absolute Gasteiger partial charge is 0.478 e. The zero-order valence-electron chi connectivity index (χ0n) is 48.2. The molecule has 0 saturated heterocycles. The fraction of sp³-hybridized carbons (Fsp3) is 0.156. The molecular weight excluding hydrogens is 1250 g/mol. The van der Waals surface area contributed by atoms with Gasteiger partial charge in [-0.1, -0.05) is 57.9 Å². The summed E-state index contributed by atoms with van der Waals surface area (Å²) in [5.41, 5.74) is 2.51. The van der Waals surface area contributed by atoms with Crippen LogP contribution in [-0.4, -0.2) is 109 Å². The number of methoxy groups -OCH3 is 2. The summed E-state index contributed by atoms with van der Waals surface area (Å²) in [4.78, 5) is 40.4. The van der Waals surface area contributed by atoms with E-state index in [1.165, 1.54) is 87.0 Å². The number of hydrogen-bond donors (Lipinski definition) is 2. The number of rotatable bonds is 22. The molecule has 28 heteroatoms. The van der Waals surface area contributed by atoms with Crippen molar-refractivity contribution in [3.05, 3.63) is 236 Å². The van der Waals surface area contributed by atoms with Crippen molar-refractivity contribution in [1.29, 1.82) is 0 Å². The van der Waals surface area contributed by atoms with Gasteiger partial charge in [-0.05, 0) is 84.9 Å². The van der Waals surface area contributed by atoms with Crippen molar-refractivity contribution in [3.63, 3.8) is 0 Å². The van der Waals surface area contributed by atoms with Gasteiger partial charge in [0.25, 0.3) is 0 Å². The van der Waals surface area contributed by atoms with Gasteiger partial charge in [0.05, 0.1) is 94.0 Å². The van der Waals surface area contributed by atoms with E-state index in [1.807, 2.05) is 0 Å². The van der Waals surface area contributed by atoms with Crippen LogP contribution in [0.25, 0.3) is 56.0 Å². The Bertz CT molecular complexity index is 4430. The second kappa shape index (κ2) is 27.7. The number of benzene rings is 6. The Kier molecular flexibility index (Phi) is 19.0. The minimum atomic E-state index is -1.39. The van der Waals surface area contributed by atoms with Gasteiger partial charge in [0.15, 0.2) is 23.3 Å². The number of hydrogen-bond acceptors (Lipinski definition) is 14. The van der Waals surface area contributed by atoms with Gasteiger partial charge in [-0.3, -0.25) is 0 Å². The molecule has 6 aromatic heterocycles. The van der Waals surface area contributed by atoms with Crippen LogP contribution in [0.4, 0.5) is 26.3 Å². The molecule has 0 spiro atoms. The van der Waals surface area contributed by atoms with Crippen LogP contribution in [0.15, 0.2) is 146 Å². The standard InChI is InChI=1S/2C32H24ClF3N6O4/c2*1-45-12-11-41-27-13-18(32(43)44)6-8-26(27)38-28(41)16-21-24(34)15-22(31(36)30(21)35)25-3-2-4-29(39-25)46-17-19-5-7-20(14-23(19)33)42-10-9-37-40-42/h2*2-10,13-15H,11-12,16-17H2,1H3,(H,43,44). The highest BCUT2D eigenvalue weighted by atomic mass is 35.5.